The van der Waals surface area contributed by atoms with Crippen LogP contribution in [0.2, 0.25) is 0 Å². The molecule has 2 nitrogen and oxygen atoms in total. The molecule has 0 aliphatic heterocycles. The Morgan fingerprint density at radius 3 is 1.92 bits per heavy atom. The third-order valence-electron chi connectivity index (χ3n) is 5.47. The zero-order valence-electron chi connectivity index (χ0n) is 16.4. The van der Waals surface area contributed by atoms with Crippen LogP contribution in [0.1, 0.15) is 83.8 Å². The highest BCUT2D eigenvalue weighted by atomic mass is 16.3. The van der Waals surface area contributed by atoms with Crippen LogP contribution in [0.3, 0.4) is 0 Å². The van der Waals surface area contributed by atoms with Gasteiger partial charge in [-0.05, 0) is 48.3 Å². The summed E-state index contributed by atoms with van der Waals surface area (Å²) in [6.07, 6.45) is 10.1. The van der Waals surface area contributed by atoms with Crippen molar-refractivity contribution in [3.8, 4) is 11.5 Å². The molecule has 0 aliphatic carbocycles. The van der Waals surface area contributed by atoms with Gasteiger partial charge in [0.15, 0.2) is 0 Å². The van der Waals surface area contributed by atoms with Gasteiger partial charge in [0.2, 0.25) is 0 Å². The van der Waals surface area contributed by atoms with Gasteiger partial charge in [0.05, 0.1) is 0 Å². The van der Waals surface area contributed by atoms with E-state index in [2.05, 4.69) is 27.7 Å². The second-order valence-electron chi connectivity index (χ2n) is 8.05. The van der Waals surface area contributed by atoms with Crippen LogP contribution in [0.5, 0.6) is 11.5 Å². The van der Waals surface area contributed by atoms with E-state index in [-0.39, 0.29) is 11.5 Å². The number of hydrogen-bond donors (Lipinski definition) is 2. The smallest absolute Gasteiger partial charge is 0.122 e. The van der Waals surface area contributed by atoms with Gasteiger partial charge >= 0.3 is 0 Å². The molecule has 138 valence electrons. The Bertz CT molecular complexity index is 458. The minimum absolute atomic E-state index is 0.146. The number of phenols is 2. The Morgan fingerprint density at radius 2 is 1.38 bits per heavy atom. The number of aryl methyl sites for hydroxylation is 1. The summed E-state index contributed by atoms with van der Waals surface area (Å²) < 4.78 is 0. The van der Waals surface area contributed by atoms with E-state index in [1.807, 2.05) is 6.92 Å². The third-order valence-corrected chi connectivity index (χ3v) is 5.47. The summed E-state index contributed by atoms with van der Waals surface area (Å²) in [6.45, 7) is 11.2. The third kappa shape index (κ3) is 7.59. The maximum atomic E-state index is 10.0. The lowest BCUT2D eigenvalue weighted by atomic mass is 9.89. The average Bonchev–Trinajstić information content (AvgIpc) is 2.50. The average molecular weight is 335 g/mol. The van der Waals surface area contributed by atoms with Gasteiger partial charge in [0.25, 0.3) is 0 Å². The van der Waals surface area contributed by atoms with Crippen molar-refractivity contribution in [1.29, 1.82) is 0 Å². The van der Waals surface area contributed by atoms with Crippen molar-refractivity contribution in [2.45, 2.75) is 86.0 Å². The molecule has 3 atom stereocenters. The lowest BCUT2D eigenvalue weighted by Crippen LogP contribution is -2.04. The Kier molecular flexibility index (Phi) is 9.25. The molecule has 1 aromatic carbocycles. The Hall–Kier alpha value is -1.18. The maximum Gasteiger partial charge on any atom is 0.122 e. The van der Waals surface area contributed by atoms with Gasteiger partial charge in [-0.1, -0.05) is 72.6 Å². The summed E-state index contributed by atoms with van der Waals surface area (Å²) in [4.78, 5) is 0. The van der Waals surface area contributed by atoms with E-state index in [0.29, 0.717) is 5.92 Å². The normalized spacial score (nSPS) is 15.2. The molecule has 3 unspecified atom stereocenters. The van der Waals surface area contributed by atoms with Crippen molar-refractivity contribution in [1.82, 2.24) is 0 Å². The van der Waals surface area contributed by atoms with Crippen LogP contribution in [0.25, 0.3) is 0 Å². The van der Waals surface area contributed by atoms with E-state index < -0.39 is 0 Å². The molecule has 1 rings (SSSR count). The van der Waals surface area contributed by atoms with Crippen LogP contribution in [0, 0.1) is 24.7 Å². The van der Waals surface area contributed by atoms with Crippen LogP contribution in [-0.4, -0.2) is 10.2 Å². The van der Waals surface area contributed by atoms with Crippen LogP contribution in [0.4, 0.5) is 0 Å². The molecule has 1 aromatic rings. The fraction of sp³-hybridized carbons (Fsp3) is 0.727. The summed E-state index contributed by atoms with van der Waals surface area (Å²) >= 11 is 0. The number of rotatable bonds is 11. The van der Waals surface area contributed by atoms with E-state index >= 15 is 0 Å². The topological polar surface area (TPSA) is 40.5 Å². The zero-order chi connectivity index (χ0) is 18.1. The molecular formula is C22H38O2. The summed E-state index contributed by atoms with van der Waals surface area (Å²) in [5, 5.41) is 19.6. The standard InChI is InChI=1S/C22H38O2/c1-6-16(2)9-7-10-17(3)11-8-12-18(4)13-21-19(5)14-20(23)15-22(21)24/h14-18,23-24H,6-13H2,1-5H3. The largest absolute Gasteiger partial charge is 0.508 e. The molecule has 0 heterocycles. The molecule has 0 spiro atoms. The number of phenolic OH excluding ortho intramolecular Hbond substituents is 2. The molecule has 24 heavy (non-hydrogen) atoms. The van der Waals surface area contributed by atoms with Crippen molar-refractivity contribution in [2.75, 3.05) is 0 Å². The van der Waals surface area contributed by atoms with E-state index in [0.717, 1.165) is 29.4 Å². The van der Waals surface area contributed by atoms with Crippen molar-refractivity contribution >= 4 is 0 Å². The van der Waals surface area contributed by atoms with Crippen molar-refractivity contribution < 1.29 is 10.2 Å². The minimum atomic E-state index is 0.146. The lowest BCUT2D eigenvalue weighted by Gasteiger charge is -2.17. The molecule has 0 bridgehead atoms. The van der Waals surface area contributed by atoms with Crippen LogP contribution >= 0.6 is 0 Å². The fourth-order valence-electron chi connectivity index (χ4n) is 3.47. The first-order chi connectivity index (χ1) is 11.3. The van der Waals surface area contributed by atoms with Gasteiger partial charge in [0.1, 0.15) is 11.5 Å². The first-order valence-electron chi connectivity index (χ1n) is 9.84. The number of benzene rings is 1. The van der Waals surface area contributed by atoms with E-state index in [1.165, 1.54) is 51.0 Å². The predicted octanol–water partition coefficient (Wildman–Crippen LogP) is 6.61. The first-order valence-corrected chi connectivity index (χ1v) is 9.84. The quantitative estimate of drug-likeness (QED) is 0.478. The Balaban J connectivity index is 2.28. The van der Waals surface area contributed by atoms with Gasteiger partial charge in [-0.3, -0.25) is 0 Å². The molecule has 0 aliphatic rings. The minimum Gasteiger partial charge on any atom is -0.508 e. The second kappa shape index (κ2) is 10.6. The summed E-state index contributed by atoms with van der Waals surface area (Å²) in [6, 6.07) is 3.19. The molecular weight excluding hydrogens is 296 g/mol. The molecule has 2 N–H and O–H groups in total. The first kappa shape index (κ1) is 20.9. The molecule has 0 saturated carbocycles. The SMILES string of the molecule is CCC(C)CCCC(C)CCCC(C)Cc1c(C)cc(O)cc1O. The van der Waals surface area contributed by atoms with Gasteiger partial charge in [-0.15, -0.1) is 0 Å². The van der Waals surface area contributed by atoms with Gasteiger partial charge in [-0.2, -0.15) is 0 Å². The predicted molar refractivity (Wildman–Crippen MR) is 104 cm³/mol. The van der Waals surface area contributed by atoms with Crippen molar-refractivity contribution in [3.63, 3.8) is 0 Å². The molecule has 0 aromatic heterocycles. The van der Waals surface area contributed by atoms with Crippen molar-refractivity contribution in [2.24, 2.45) is 17.8 Å². The number of hydrogen-bond acceptors (Lipinski definition) is 2. The zero-order valence-corrected chi connectivity index (χ0v) is 16.4. The highest BCUT2D eigenvalue weighted by Crippen LogP contribution is 2.30. The summed E-state index contributed by atoms with van der Waals surface area (Å²) in [7, 11) is 0. The number of aromatic hydroxyl groups is 2. The lowest BCUT2D eigenvalue weighted by molar-refractivity contribution is 0.388. The van der Waals surface area contributed by atoms with Crippen LogP contribution in [-0.2, 0) is 6.42 Å². The maximum absolute atomic E-state index is 10.0. The van der Waals surface area contributed by atoms with Gasteiger partial charge in [0, 0.05) is 6.07 Å². The van der Waals surface area contributed by atoms with Crippen LogP contribution in [0.15, 0.2) is 12.1 Å². The highest BCUT2D eigenvalue weighted by molar-refractivity contribution is 5.44. The highest BCUT2D eigenvalue weighted by Gasteiger charge is 2.12. The molecule has 0 amide bonds. The monoisotopic (exact) mass is 334 g/mol. The van der Waals surface area contributed by atoms with E-state index in [4.69, 9.17) is 0 Å². The van der Waals surface area contributed by atoms with Gasteiger partial charge in [-0.25, -0.2) is 0 Å². The molecule has 0 saturated heterocycles. The summed E-state index contributed by atoms with van der Waals surface area (Å²) in [5.74, 6) is 2.64. The van der Waals surface area contributed by atoms with Crippen molar-refractivity contribution in [3.05, 3.63) is 23.3 Å². The Morgan fingerprint density at radius 1 is 0.833 bits per heavy atom. The molecule has 0 fully saturated rings. The molecule has 0 radical (unpaired) electrons. The summed E-state index contributed by atoms with van der Waals surface area (Å²) in [5.41, 5.74) is 1.97. The van der Waals surface area contributed by atoms with Crippen LogP contribution < -0.4 is 0 Å². The second-order valence-corrected chi connectivity index (χ2v) is 8.05. The van der Waals surface area contributed by atoms with E-state index in [1.54, 1.807) is 6.07 Å². The molecule has 2 heteroatoms. The van der Waals surface area contributed by atoms with Gasteiger partial charge < -0.3 is 10.2 Å². The Labute approximate surface area is 149 Å². The fourth-order valence-corrected chi connectivity index (χ4v) is 3.47. The van der Waals surface area contributed by atoms with E-state index in [9.17, 15) is 10.2 Å².